The van der Waals surface area contributed by atoms with E-state index in [9.17, 15) is 4.79 Å². The lowest BCUT2D eigenvalue weighted by molar-refractivity contribution is -0.137. The fraction of sp³-hybridized carbons (Fsp3) is 0.533. The van der Waals surface area contributed by atoms with Crippen LogP contribution in [0, 0.1) is 5.92 Å². The lowest BCUT2D eigenvalue weighted by Gasteiger charge is -2.19. The number of carbonyl (C=O) groups is 1. The summed E-state index contributed by atoms with van der Waals surface area (Å²) >= 11 is 3.53. The normalized spacial score (nSPS) is 20.1. The van der Waals surface area contributed by atoms with Gasteiger partial charge in [0.25, 0.3) is 0 Å². The molecule has 4 heteroatoms. The molecule has 1 N–H and O–H groups in total. The molecule has 19 heavy (non-hydrogen) atoms. The third-order valence-corrected chi connectivity index (χ3v) is 4.67. The maximum Gasteiger partial charge on any atom is 0.304 e. The highest BCUT2D eigenvalue weighted by atomic mass is 79.9. The summed E-state index contributed by atoms with van der Waals surface area (Å²) in [5, 5.41) is 9.09. The van der Waals surface area contributed by atoms with Gasteiger partial charge in [-0.2, -0.15) is 0 Å². The maximum atomic E-state index is 11.0. The molecule has 3 nitrogen and oxygen atoms in total. The van der Waals surface area contributed by atoms with Crippen LogP contribution in [-0.4, -0.2) is 17.7 Å². The van der Waals surface area contributed by atoms with Gasteiger partial charge in [-0.1, -0.05) is 12.1 Å². The van der Waals surface area contributed by atoms with Crippen molar-refractivity contribution in [2.75, 3.05) is 6.61 Å². The number of carboxylic acids is 1. The van der Waals surface area contributed by atoms with E-state index in [1.807, 2.05) is 18.2 Å². The number of hydrogen-bond acceptors (Lipinski definition) is 2. The molecular weight excluding hydrogens is 308 g/mol. The Morgan fingerprint density at radius 2 is 2.16 bits per heavy atom. The highest BCUT2D eigenvalue weighted by Gasteiger charge is 2.48. The Morgan fingerprint density at radius 1 is 1.42 bits per heavy atom. The first-order valence-corrected chi connectivity index (χ1v) is 7.54. The molecule has 0 aliphatic heterocycles. The molecule has 2 aliphatic rings. The molecule has 0 bridgehead atoms. The van der Waals surface area contributed by atoms with Crippen molar-refractivity contribution in [3.05, 3.63) is 28.2 Å². The van der Waals surface area contributed by atoms with Gasteiger partial charge < -0.3 is 9.84 Å². The van der Waals surface area contributed by atoms with Gasteiger partial charge in [-0.05, 0) is 53.6 Å². The number of ether oxygens (including phenoxy) is 1. The number of halogens is 1. The second kappa shape index (κ2) is 4.82. The molecule has 0 radical (unpaired) electrons. The van der Waals surface area contributed by atoms with Crippen molar-refractivity contribution in [1.82, 2.24) is 0 Å². The average molecular weight is 325 g/mol. The van der Waals surface area contributed by atoms with Gasteiger partial charge in [-0.15, -0.1) is 0 Å². The Kier molecular flexibility index (Phi) is 3.29. The molecule has 0 amide bonds. The van der Waals surface area contributed by atoms with Gasteiger partial charge in [0.1, 0.15) is 5.75 Å². The van der Waals surface area contributed by atoms with Crippen molar-refractivity contribution in [3.8, 4) is 5.75 Å². The summed E-state index contributed by atoms with van der Waals surface area (Å²) in [5.41, 5.74) is 0.860. The fourth-order valence-electron chi connectivity index (χ4n) is 2.54. The van der Waals surface area contributed by atoms with Crippen LogP contribution in [0.5, 0.6) is 5.75 Å². The number of rotatable bonds is 6. The quantitative estimate of drug-likeness (QED) is 0.866. The predicted molar refractivity (Wildman–Crippen MR) is 75.5 cm³/mol. The summed E-state index contributed by atoms with van der Waals surface area (Å²) in [4.78, 5) is 11.0. The van der Waals surface area contributed by atoms with Crippen molar-refractivity contribution in [1.29, 1.82) is 0 Å². The first kappa shape index (κ1) is 13.0. The van der Waals surface area contributed by atoms with Crippen LogP contribution in [0.2, 0.25) is 0 Å². The number of benzene rings is 1. The predicted octanol–water partition coefficient (Wildman–Crippen LogP) is 3.74. The highest BCUT2D eigenvalue weighted by molar-refractivity contribution is 9.10. The van der Waals surface area contributed by atoms with Gasteiger partial charge in [0, 0.05) is 11.0 Å². The topological polar surface area (TPSA) is 46.5 Å². The molecule has 1 aromatic carbocycles. The van der Waals surface area contributed by atoms with Crippen LogP contribution in [0.1, 0.15) is 37.7 Å². The fourth-order valence-corrected chi connectivity index (χ4v) is 3.02. The summed E-state index contributed by atoms with van der Waals surface area (Å²) in [7, 11) is 0. The Balaban J connectivity index is 1.86. The molecule has 0 unspecified atom stereocenters. The molecule has 0 heterocycles. The van der Waals surface area contributed by atoms with Crippen LogP contribution < -0.4 is 4.74 Å². The van der Waals surface area contributed by atoms with Crippen LogP contribution >= 0.6 is 15.9 Å². The lowest BCUT2D eigenvalue weighted by atomic mass is 9.91. The van der Waals surface area contributed by atoms with E-state index < -0.39 is 5.97 Å². The van der Waals surface area contributed by atoms with Gasteiger partial charge in [-0.25, -0.2) is 0 Å². The number of para-hydroxylation sites is 1. The summed E-state index contributed by atoms with van der Waals surface area (Å²) in [6, 6.07) is 5.94. The standard InChI is InChI=1S/C15H17BrO3/c16-12-3-1-2-11(14(12)19-9-10-4-5-10)15(6-7-15)8-13(17)18/h1-3,10H,4-9H2,(H,17,18). The van der Waals surface area contributed by atoms with Gasteiger partial charge in [-0.3, -0.25) is 4.79 Å². The van der Waals surface area contributed by atoms with Crippen molar-refractivity contribution < 1.29 is 14.6 Å². The summed E-state index contributed by atoms with van der Waals surface area (Å²) in [6.45, 7) is 0.749. The van der Waals surface area contributed by atoms with Crippen molar-refractivity contribution >= 4 is 21.9 Å². The zero-order valence-corrected chi connectivity index (χ0v) is 12.3. The molecule has 2 aliphatic carbocycles. The van der Waals surface area contributed by atoms with Gasteiger partial charge in [0.15, 0.2) is 0 Å². The van der Waals surface area contributed by atoms with Gasteiger partial charge in [0.05, 0.1) is 17.5 Å². The molecule has 102 valence electrons. The zero-order chi connectivity index (χ0) is 13.5. The van der Waals surface area contributed by atoms with Crippen molar-refractivity contribution in [2.45, 2.75) is 37.5 Å². The number of carboxylic acid groups (broad SMARTS) is 1. The Morgan fingerprint density at radius 3 is 2.74 bits per heavy atom. The molecule has 3 rings (SSSR count). The Bertz CT molecular complexity index is 504. The van der Waals surface area contributed by atoms with Gasteiger partial charge in [0.2, 0.25) is 0 Å². The minimum atomic E-state index is -0.731. The largest absolute Gasteiger partial charge is 0.492 e. The SMILES string of the molecule is O=C(O)CC1(c2cccc(Br)c2OCC2CC2)CC1. The molecule has 0 spiro atoms. The molecule has 0 aromatic heterocycles. The second-order valence-electron chi connectivity index (χ2n) is 5.72. The Labute approximate surface area is 121 Å². The van der Waals surface area contributed by atoms with Crippen molar-refractivity contribution in [3.63, 3.8) is 0 Å². The molecule has 2 fully saturated rings. The summed E-state index contributed by atoms with van der Waals surface area (Å²) in [5.74, 6) is 0.813. The van der Waals surface area contributed by atoms with Crippen LogP contribution in [-0.2, 0) is 10.2 Å². The number of hydrogen-bond donors (Lipinski definition) is 1. The smallest absolute Gasteiger partial charge is 0.304 e. The summed E-state index contributed by atoms with van der Waals surface area (Å²) in [6.07, 6.45) is 4.58. The van der Waals surface area contributed by atoms with E-state index in [1.54, 1.807) is 0 Å². The first-order chi connectivity index (χ1) is 9.11. The zero-order valence-electron chi connectivity index (χ0n) is 10.7. The van der Waals surface area contributed by atoms with Gasteiger partial charge >= 0.3 is 5.97 Å². The van der Waals surface area contributed by atoms with E-state index in [-0.39, 0.29) is 11.8 Å². The van der Waals surface area contributed by atoms with Crippen LogP contribution in [0.15, 0.2) is 22.7 Å². The van der Waals surface area contributed by atoms with Crippen LogP contribution in [0.25, 0.3) is 0 Å². The Hall–Kier alpha value is -1.03. The van der Waals surface area contributed by atoms with E-state index in [4.69, 9.17) is 9.84 Å². The van der Waals surface area contributed by atoms with E-state index in [0.29, 0.717) is 5.92 Å². The van der Waals surface area contributed by atoms with Crippen LogP contribution in [0.3, 0.4) is 0 Å². The third kappa shape index (κ3) is 2.78. The van der Waals surface area contributed by atoms with E-state index >= 15 is 0 Å². The molecule has 0 saturated heterocycles. The highest BCUT2D eigenvalue weighted by Crippen LogP contribution is 2.55. The first-order valence-electron chi connectivity index (χ1n) is 6.74. The molecular formula is C15H17BrO3. The van der Waals surface area contributed by atoms with E-state index in [1.165, 1.54) is 12.8 Å². The van der Waals surface area contributed by atoms with E-state index in [0.717, 1.165) is 35.2 Å². The van der Waals surface area contributed by atoms with E-state index in [2.05, 4.69) is 15.9 Å². The lowest BCUT2D eigenvalue weighted by Crippen LogP contribution is -2.15. The molecule has 0 atom stereocenters. The summed E-state index contributed by atoms with van der Waals surface area (Å²) < 4.78 is 6.89. The average Bonchev–Trinajstić information content (AvgIpc) is 3.21. The third-order valence-electron chi connectivity index (χ3n) is 4.04. The molecule has 2 saturated carbocycles. The molecule has 1 aromatic rings. The minimum Gasteiger partial charge on any atom is -0.492 e. The minimum absolute atomic E-state index is 0.198. The second-order valence-corrected chi connectivity index (χ2v) is 6.58. The maximum absolute atomic E-state index is 11.0. The monoisotopic (exact) mass is 324 g/mol. The van der Waals surface area contributed by atoms with Crippen molar-refractivity contribution in [2.24, 2.45) is 5.92 Å². The number of aliphatic carboxylic acids is 1. The van der Waals surface area contributed by atoms with Crippen LogP contribution in [0.4, 0.5) is 0 Å².